The third kappa shape index (κ3) is 2.05. The van der Waals surface area contributed by atoms with Crippen LogP contribution in [0.15, 0.2) is 30.3 Å². The summed E-state index contributed by atoms with van der Waals surface area (Å²) in [6.07, 6.45) is 0. The number of piperazine rings is 1. The van der Waals surface area contributed by atoms with E-state index < -0.39 is 0 Å². The molecule has 18 heavy (non-hydrogen) atoms. The van der Waals surface area contributed by atoms with Gasteiger partial charge in [0, 0.05) is 37.1 Å². The minimum absolute atomic E-state index is 0.0388. The van der Waals surface area contributed by atoms with E-state index in [-0.39, 0.29) is 6.61 Å². The lowest BCUT2D eigenvalue weighted by atomic mass is 10.1. The summed E-state index contributed by atoms with van der Waals surface area (Å²) in [6.45, 7) is 3.87. The Balaban J connectivity index is 2.08. The number of aromatic nitrogens is 1. The number of para-hydroxylation sites is 1. The maximum atomic E-state index is 9.53. The van der Waals surface area contributed by atoms with Gasteiger partial charge in [-0.15, -0.1) is 0 Å². The van der Waals surface area contributed by atoms with Crippen LogP contribution in [0.1, 0.15) is 5.56 Å². The van der Waals surface area contributed by atoms with Crippen LogP contribution >= 0.6 is 0 Å². The fourth-order valence-electron chi connectivity index (χ4n) is 2.42. The predicted octanol–water partition coefficient (Wildman–Crippen LogP) is 1.14. The highest BCUT2D eigenvalue weighted by Gasteiger charge is 2.16. The predicted molar refractivity (Wildman–Crippen MR) is 72.7 cm³/mol. The van der Waals surface area contributed by atoms with Crippen molar-refractivity contribution < 1.29 is 5.11 Å². The molecule has 0 spiro atoms. The Morgan fingerprint density at radius 3 is 2.78 bits per heavy atom. The first-order chi connectivity index (χ1) is 8.88. The number of hydrogen-bond acceptors (Lipinski definition) is 4. The molecule has 1 fully saturated rings. The molecule has 0 atom stereocenters. The molecule has 0 saturated carbocycles. The van der Waals surface area contributed by atoms with Gasteiger partial charge >= 0.3 is 0 Å². The zero-order chi connectivity index (χ0) is 12.4. The van der Waals surface area contributed by atoms with Gasteiger partial charge < -0.3 is 15.3 Å². The summed E-state index contributed by atoms with van der Waals surface area (Å²) in [5.74, 6) is 0.928. The van der Waals surface area contributed by atoms with Crippen molar-refractivity contribution in [1.82, 2.24) is 10.3 Å². The number of aliphatic hydroxyl groups excluding tert-OH is 1. The summed E-state index contributed by atoms with van der Waals surface area (Å²) in [4.78, 5) is 6.95. The number of nitrogens with one attached hydrogen (secondary N) is 1. The summed E-state index contributed by atoms with van der Waals surface area (Å²) < 4.78 is 0. The molecule has 0 amide bonds. The van der Waals surface area contributed by atoms with Crippen molar-refractivity contribution in [2.45, 2.75) is 6.61 Å². The van der Waals surface area contributed by atoms with Crippen LogP contribution in [-0.2, 0) is 6.61 Å². The third-order valence-corrected chi connectivity index (χ3v) is 3.37. The SMILES string of the molecule is OCc1cc2ccccc2nc1N1CCNCC1. The number of nitrogens with zero attached hydrogens (tertiary/aromatic N) is 2. The van der Waals surface area contributed by atoms with Gasteiger partial charge in [-0.25, -0.2) is 4.98 Å². The molecule has 2 heterocycles. The van der Waals surface area contributed by atoms with E-state index in [0.29, 0.717) is 0 Å². The van der Waals surface area contributed by atoms with Crippen LogP contribution in [0.2, 0.25) is 0 Å². The van der Waals surface area contributed by atoms with E-state index in [1.807, 2.05) is 30.3 Å². The minimum atomic E-state index is 0.0388. The van der Waals surface area contributed by atoms with Crippen molar-refractivity contribution in [3.05, 3.63) is 35.9 Å². The lowest BCUT2D eigenvalue weighted by molar-refractivity contribution is 0.281. The molecule has 94 valence electrons. The molecule has 4 heteroatoms. The van der Waals surface area contributed by atoms with Crippen LogP contribution in [0.5, 0.6) is 0 Å². The second-order valence-corrected chi connectivity index (χ2v) is 4.56. The van der Waals surface area contributed by atoms with E-state index in [0.717, 1.165) is 48.5 Å². The van der Waals surface area contributed by atoms with Gasteiger partial charge in [0.25, 0.3) is 0 Å². The van der Waals surface area contributed by atoms with E-state index in [4.69, 9.17) is 4.98 Å². The standard InChI is InChI=1S/C14H17N3O/c18-10-12-9-11-3-1-2-4-13(11)16-14(12)17-7-5-15-6-8-17/h1-4,9,15,18H,5-8,10H2. The van der Waals surface area contributed by atoms with Gasteiger partial charge in [0.2, 0.25) is 0 Å². The molecular formula is C14H17N3O. The largest absolute Gasteiger partial charge is 0.392 e. The highest BCUT2D eigenvalue weighted by molar-refractivity contribution is 5.81. The Morgan fingerprint density at radius 1 is 1.22 bits per heavy atom. The first kappa shape index (κ1) is 11.4. The summed E-state index contributed by atoms with van der Waals surface area (Å²) in [7, 11) is 0. The van der Waals surface area contributed by atoms with Gasteiger partial charge in [-0.05, 0) is 12.1 Å². The average Bonchev–Trinajstić information content (AvgIpc) is 2.46. The molecule has 1 aromatic heterocycles. The first-order valence-corrected chi connectivity index (χ1v) is 6.33. The van der Waals surface area contributed by atoms with Crippen LogP contribution in [0.4, 0.5) is 5.82 Å². The monoisotopic (exact) mass is 243 g/mol. The van der Waals surface area contributed by atoms with E-state index in [9.17, 15) is 5.11 Å². The molecule has 3 rings (SSSR count). The molecule has 1 aromatic carbocycles. The van der Waals surface area contributed by atoms with Crippen molar-refractivity contribution in [2.75, 3.05) is 31.1 Å². The molecule has 0 aliphatic carbocycles. The normalized spacial score (nSPS) is 16.2. The van der Waals surface area contributed by atoms with E-state index in [1.165, 1.54) is 0 Å². The van der Waals surface area contributed by atoms with E-state index in [1.54, 1.807) is 0 Å². The van der Waals surface area contributed by atoms with Crippen LogP contribution < -0.4 is 10.2 Å². The highest BCUT2D eigenvalue weighted by Crippen LogP contribution is 2.23. The van der Waals surface area contributed by atoms with Crippen LogP contribution in [0.25, 0.3) is 10.9 Å². The Bertz CT molecular complexity index is 550. The zero-order valence-corrected chi connectivity index (χ0v) is 10.3. The summed E-state index contributed by atoms with van der Waals surface area (Å²) in [5.41, 5.74) is 1.90. The maximum Gasteiger partial charge on any atom is 0.134 e. The zero-order valence-electron chi connectivity index (χ0n) is 10.3. The molecule has 0 bridgehead atoms. The number of anilines is 1. The van der Waals surface area contributed by atoms with Gasteiger partial charge in [-0.1, -0.05) is 18.2 Å². The summed E-state index contributed by atoms with van der Waals surface area (Å²) in [5, 5.41) is 13.9. The fraction of sp³-hybridized carbons (Fsp3) is 0.357. The van der Waals surface area contributed by atoms with Crippen LogP contribution in [-0.4, -0.2) is 36.3 Å². The molecular weight excluding hydrogens is 226 g/mol. The highest BCUT2D eigenvalue weighted by atomic mass is 16.3. The van der Waals surface area contributed by atoms with Crippen molar-refractivity contribution in [1.29, 1.82) is 0 Å². The average molecular weight is 243 g/mol. The third-order valence-electron chi connectivity index (χ3n) is 3.37. The second kappa shape index (κ2) is 4.92. The molecule has 2 aromatic rings. The fourth-order valence-corrected chi connectivity index (χ4v) is 2.42. The van der Waals surface area contributed by atoms with Gasteiger partial charge in [-0.2, -0.15) is 0 Å². The van der Waals surface area contributed by atoms with Crippen LogP contribution in [0.3, 0.4) is 0 Å². The number of rotatable bonds is 2. The molecule has 2 N–H and O–H groups in total. The molecule has 1 saturated heterocycles. The Hall–Kier alpha value is -1.65. The molecule has 0 unspecified atom stereocenters. The van der Waals surface area contributed by atoms with Crippen molar-refractivity contribution in [2.24, 2.45) is 0 Å². The van der Waals surface area contributed by atoms with Gasteiger partial charge in [0.15, 0.2) is 0 Å². The van der Waals surface area contributed by atoms with Crippen molar-refractivity contribution >= 4 is 16.7 Å². The van der Waals surface area contributed by atoms with Gasteiger partial charge in [0.1, 0.15) is 5.82 Å². The molecule has 1 aliphatic heterocycles. The molecule has 0 radical (unpaired) electrons. The van der Waals surface area contributed by atoms with Crippen molar-refractivity contribution in [3.8, 4) is 0 Å². The first-order valence-electron chi connectivity index (χ1n) is 6.33. The summed E-state index contributed by atoms with van der Waals surface area (Å²) in [6, 6.07) is 10.1. The summed E-state index contributed by atoms with van der Waals surface area (Å²) >= 11 is 0. The van der Waals surface area contributed by atoms with Crippen molar-refractivity contribution in [3.63, 3.8) is 0 Å². The number of pyridine rings is 1. The quantitative estimate of drug-likeness (QED) is 0.830. The second-order valence-electron chi connectivity index (χ2n) is 4.56. The lowest BCUT2D eigenvalue weighted by Gasteiger charge is -2.30. The van der Waals surface area contributed by atoms with E-state index >= 15 is 0 Å². The Kier molecular flexibility index (Phi) is 3.13. The number of fused-ring (bicyclic) bond motifs is 1. The molecule has 4 nitrogen and oxygen atoms in total. The number of benzene rings is 1. The minimum Gasteiger partial charge on any atom is -0.392 e. The lowest BCUT2D eigenvalue weighted by Crippen LogP contribution is -2.44. The number of aliphatic hydroxyl groups is 1. The molecule has 1 aliphatic rings. The Labute approximate surface area is 106 Å². The van der Waals surface area contributed by atoms with Gasteiger partial charge in [0.05, 0.1) is 12.1 Å². The van der Waals surface area contributed by atoms with E-state index in [2.05, 4.69) is 10.2 Å². The maximum absolute atomic E-state index is 9.53. The van der Waals surface area contributed by atoms with Gasteiger partial charge in [-0.3, -0.25) is 0 Å². The Morgan fingerprint density at radius 2 is 2.00 bits per heavy atom. The van der Waals surface area contributed by atoms with Crippen LogP contribution in [0, 0.1) is 0 Å². The topological polar surface area (TPSA) is 48.4 Å². The smallest absolute Gasteiger partial charge is 0.134 e. The number of hydrogen-bond donors (Lipinski definition) is 2.